The van der Waals surface area contributed by atoms with Crippen LogP contribution in [0.2, 0.25) is 0 Å². The van der Waals surface area contributed by atoms with E-state index in [4.69, 9.17) is 4.74 Å². The van der Waals surface area contributed by atoms with E-state index in [9.17, 15) is 24.0 Å². The van der Waals surface area contributed by atoms with Gasteiger partial charge in [-0.3, -0.25) is 19.2 Å². The van der Waals surface area contributed by atoms with Gasteiger partial charge in [-0.2, -0.15) is 0 Å². The topological polar surface area (TPSA) is 125 Å². The number of methoxy groups -OCH3 is 1. The Labute approximate surface area is 328 Å². The van der Waals surface area contributed by atoms with E-state index in [0.29, 0.717) is 63.8 Å². The Morgan fingerprint density at radius 3 is 1.87 bits per heavy atom. The van der Waals surface area contributed by atoms with Gasteiger partial charge in [-0.05, 0) is 80.2 Å². The van der Waals surface area contributed by atoms with E-state index in [1.807, 2.05) is 103 Å². The summed E-state index contributed by atoms with van der Waals surface area (Å²) >= 11 is 1.65. The highest BCUT2D eigenvalue weighted by Crippen LogP contribution is 2.35. The molecule has 0 aromatic heterocycles. The molecule has 290 valence electrons. The number of ether oxygens (including phenoxy) is 1. The molecule has 3 aromatic carbocycles. The lowest BCUT2D eigenvalue weighted by molar-refractivity contribution is -0.156. The van der Waals surface area contributed by atoms with Gasteiger partial charge in [0.25, 0.3) is 0 Å². The Kier molecular flexibility index (Phi) is 14.2. The van der Waals surface area contributed by atoms with E-state index in [1.165, 1.54) is 7.11 Å². The molecular formula is C44H52N4O6S. The molecule has 2 saturated heterocycles. The number of hydrogen-bond acceptors (Lipinski definition) is 7. The molecule has 0 spiro atoms. The number of nitrogens with zero attached hydrogens (tertiary/aromatic N) is 2. The molecule has 6 atom stereocenters. The summed E-state index contributed by atoms with van der Waals surface area (Å²) in [5.41, 5.74) is 2.98. The lowest BCUT2D eigenvalue weighted by atomic mass is 9.86. The minimum absolute atomic E-state index is 0.126. The molecule has 5 unspecified atom stereocenters. The summed E-state index contributed by atoms with van der Waals surface area (Å²) in [5, 5.41) is 6.06. The molecular weight excluding hydrogens is 713 g/mol. The summed E-state index contributed by atoms with van der Waals surface area (Å²) < 4.78 is 5.07. The molecule has 3 aliphatic heterocycles. The van der Waals surface area contributed by atoms with Crippen LogP contribution in [0.25, 0.3) is 0 Å². The van der Waals surface area contributed by atoms with Gasteiger partial charge in [0.15, 0.2) is 0 Å². The SMILES string of the molecule is COC(=O)C1CCC[C@@H]2SCCC(NC(=O)C(CCC(Cc3ccccc3)C(=O)NC3CC=CCN(Cc4ccccc4)C3=O)Cc3ccccc3)C(=O)N12. The van der Waals surface area contributed by atoms with E-state index < -0.39 is 35.9 Å². The third-order valence-electron chi connectivity index (χ3n) is 10.9. The molecule has 6 rings (SSSR count). The normalized spacial score (nSPS) is 22.4. The molecule has 4 amide bonds. The first-order valence-electron chi connectivity index (χ1n) is 19.5. The quantitative estimate of drug-likeness (QED) is 0.165. The fourth-order valence-electron chi connectivity index (χ4n) is 7.89. The summed E-state index contributed by atoms with van der Waals surface area (Å²) in [7, 11) is 1.34. The monoisotopic (exact) mass is 764 g/mol. The largest absolute Gasteiger partial charge is 0.467 e. The predicted octanol–water partition coefficient (Wildman–Crippen LogP) is 5.46. The molecule has 0 bridgehead atoms. The fraction of sp³-hybridized carbons (Fsp3) is 0.432. The van der Waals surface area contributed by atoms with Crippen LogP contribution in [-0.4, -0.2) is 82.3 Å². The van der Waals surface area contributed by atoms with Crippen molar-refractivity contribution in [2.75, 3.05) is 19.4 Å². The van der Waals surface area contributed by atoms with Crippen LogP contribution in [0.3, 0.4) is 0 Å². The molecule has 11 heteroatoms. The molecule has 10 nitrogen and oxygen atoms in total. The molecule has 0 radical (unpaired) electrons. The van der Waals surface area contributed by atoms with E-state index in [1.54, 1.807) is 21.6 Å². The first-order chi connectivity index (χ1) is 26.8. The second-order valence-corrected chi connectivity index (χ2v) is 16.0. The first-order valence-corrected chi connectivity index (χ1v) is 20.5. The number of carbonyl (C=O) groups is 5. The zero-order valence-corrected chi connectivity index (χ0v) is 32.3. The number of amides is 4. The maximum atomic E-state index is 14.3. The van der Waals surface area contributed by atoms with E-state index >= 15 is 0 Å². The first kappa shape index (κ1) is 39.8. The van der Waals surface area contributed by atoms with Crippen LogP contribution in [0.1, 0.15) is 61.6 Å². The van der Waals surface area contributed by atoms with Crippen LogP contribution < -0.4 is 10.6 Å². The molecule has 2 N–H and O–H groups in total. The van der Waals surface area contributed by atoms with E-state index in [0.717, 1.165) is 29.5 Å². The van der Waals surface area contributed by atoms with Gasteiger partial charge < -0.3 is 25.2 Å². The Balaban J connectivity index is 1.19. The van der Waals surface area contributed by atoms with Gasteiger partial charge in [0.1, 0.15) is 18.1 Å². The average Bonchev–Trinajstić information content (AvgIpc) is 3.48. The number of carbonyl (C=O) groups excluding carboxylic acids is 5. The summed E-state index contributed by atoms with van der Waals surface area (Å²) in [6.45, 7) is 0.915. The highest BCUT2D eigenvalue weighted by Gasteiger charge is 2.44. The zero-order valence-electron chi connectivity index (χ0n) is 31.5. The van der Waals surface area contributed by atoms with Crippen LogP contribution in [0.5, 0.6) is 0 Å². The number of fused-ring (bicyclic) bond motifs is 1. The van der Waals surface area contributed by atoms with Crippen LogP contribution in [0.4, 0.5) is 0 Å². The number of hydrogen-bond donors (Lipinski definition) is 2. The van der Waals surface area contributed by atoms with Crippen molar-refractivity contribution in [2.45, 2.75) is 87.8 Å². The maximum Gasteiger partial charge on any atom is 0.328 e. The Bertz CT molecular complexity index is 1790. The number of esters is 1. The Hall–Kier alpha value is -4.90. The Morgan fingerprint density at radius 1 is 0.727 bits per heavy atom. The van der Waals surface area contributed by atoms with Crippen molar-refractivity contribution in [1.82, 2.24) is 20.4 Å². The molecule has 0 saturated carbocycles. The number of benzene rings is 3. The second-order valence-electron chi connectivity index (χ2n) is 14.7. The standard InChI is InChI=1S/C44H52N4O6S/c1-54-44(53)38-21-13-22-39-48(38)43(52)37(25-27-55-39)46-41(50)35(29-32-16-7-3-8-17-32)24-23-34(28-31-14-5-2-6-15-31)40(49)45-36-20-11-12-26-47(42(36)51)30-33-18-9-4-10-19-33/h2-12,14-19,34-39H,13,20-30H2,1H3,(H,45,49)(H,46,50)/t34?,35?,36?,37?,38?,39-/m0/s1. The lowest BCUT2D eigenvalue weighted by Gasteiger charge is -2.40. The third kappa shape index (κ3) is 10.7. The highest BCUT2D eigenvalue weighted by molar-refractivity contribution is 7.99. The summed E-state index contributed by atoms with van der Waals surface area (Å²) in [4.78, 5) is 72.5. The van der Waals surface area contributed by atoms with Gasteiger partial charge in [0.05, 0.1) is 12.5 Å². The molecule has 3 aliphatic rings. The zero-order chi connectivity index (χ0) is 38.6. The van der Waals surface area contributed by atoms with Crippen molar-refractivity contribution in [3.8, 4) is 0 Å². The molecule has 3 aromatic rings. The minimum atomic E-state index is -0.773. The average molecular weight is 765 g/mol. The number of piperidine rings is 1. The van der Waals surface area contributed by atoms with Crippen LogP contribution in [0.15, 0.2) is 103 Å². The van der Waals surface area contributed by atoms with Gasteiger partial charge in [0, 0.05) is 24.9 Å². The fourth-order valence-corrected chi connectivity index (χ4v) is 9.28. The van der Waals surface area contributed by atoms with Crippen molar-refractivity contribution in [2.24, 2.45) is 11.8 Å². The van der Waals surface area contributed by atoms with Crippen LogP contribution in [0, 0.1) is 11.8 Å². The van der Waals surface area contributed by atoms with E-state index in [2.05, 4.69) is 10.6 Å². The van der Waals surface area contributed by atoms with Gasteiger partial charge in [-0.25, -0.2) is 4.79 Å². The number of thioether (sulfide) groups is 1. The summed E-state index contributed by atoms with van der Waals surface area (Å²) in [6, 6.07) is 27.2. The van der Waals surface area contributed by atoms with Gasteiger partial charge >= 0.3 is 5.97 Å². The van der Waals surface area contributed by atoms with Crippen molar-refractivity contribution in [3.63, 3.8) is 0 Å². The van der Waals surface area contributed by atoms with Gasteiger partial charge in [-0.15, -0.1) is 11.8 Å². The second kappa shape index (κ2) is 19.6. The molecule has 2 fully saturated rings. The van der Waals surface area contributed by atoms with Crippen molar-refractivity contribution >= 4 is 41.4 Å². The lowest BCUT2D eigenvalue weighted by Crippen LogP contribution is -2.57. The Morgan fingerprint density at radius 2 is 1.29 bits per heavy atom. The summed E-state index contributed by atoms with van der Waals surface area (Å²) in [5.74, 6) is -1.65. The van der Waals surface area contributed by atoms with Crippen molar-refractivity contribution < 1.29 is 28.7 Å². The van der Waals surface area contributed by atoms with Crippen molar-refractivity contribution in [1.29, 1.82) is 0 Å². The maximum absolute atomic E-state index is 14.3. The molecule has 3 heterocycles. The van der Waals surface area contributed by atoms with Gasteiger partial charge in [-0.1, -0.05) is 103 Å². The molecule has 55 heavy (non-hydrogen) atoms. The smallest absolute Gasteiger partial charge is 0.328 e. The molecule has 0 aliphatic carbocycles. The van der Waals surface area contributed by atoms with Crippen LogP contribution >= 0.6 is 11.8 Å². The highest BCUT2D eigenvalue weighted by atomic mass is 32.2. The minimum Gasteiger partial charge on any atom is -0.467 e. The van der Waals surface area contributed by atoms with Crippen LogP contribution in [-0.2, 0) is 48.1 Å². The number of nitrogens with one attached hydrogen (secondary N) is 2. The van der Waals surface area contributed by atoms with Gasteiger partial charge in [0.2, 0.25) is 23.6 Å². The third-order valence-corrected chi connectivity index (χ3v) is 12.2. The van der Waals surface area contributed by atoms with Crippen molar-refractivity contribution in [3.05, 3.63) is 120 Å². The van der Waals surface area contributed by atoms with E-state index in [-0.39, 0.29) is 29.0 Å². The predicted molar refractivity (Wildman–Crippen MR) is 213 cm³/mol. The summed E-state index contributed by atoms with van der Waals surface area (Å²) in [6.07, 6.45) is 8.58. The number of rotatable bonds is 14.